The van der Waals surface area contributed by atoms with E-state index in [1.807, 2.05) is 0 Å². The van der Waals surface area contributed by atoms with Gasteiger partial charge in [-0.1, -0.05) is 13.0 Å². The monoisotopic (exact) mass is 434 g/mol. The lowest BCUT2D eigenvalue weighted by atomic mass is 9.95. The van der Waals surface area contributed by atoms with Crippen molar-refractivity contribution < 1.29 is 14.1 Å². The van der Waals surface area contributed by atoms with Gasteiger partial charge in [-0.15, -0.1) is 15.7 Å². The first-order valence-corrected chi connectivity index (χ1v) is 12.2. The first-order valence-electron chi connectivity index (χ1n) is 9.78. The number of thiazole rings is 1. The molecule has 2 aliphatic carbocycles. The number of amides is 2. The highest BCUT2D eigenvalue weighted by Gasteiger charge is 2.29. The summed E-state index contributed by atoms with van der Waals surface area (Å²) in [6.07, 6.45) is 6.40. The van der Waals surface area contributed by atoms with Gasteiger partial charge >= 0.3 is 6.03 Å². The molecule has 0 saturated heterocycles. The number of benzene rings is 1. The molecule has 2 aliphatic rings. The predicted molar refractivity (Wildman–Crippen MR) is 115 cm³/mol. The standard InChI is InChI=1S/C20H26N4O3S2/c1-11-7-8-13-9-12-5-4-6-14(12)17(16(11)13)23-19(25)24-29(21,27)15-10-22-18(28-15)20(2,3)26/h9-11,26H,4-8H2,1-3H3,(H3,21,23,24,25,27)/t11?,29-/m1/s1. The maximum absolute atomic E-state index is 12.9. The van der Waals surface area contributed by atoms with Crippen LogP contribution in [0.25, 0.3) is 0 Å². The highest BCUT2D eigenvalue weighted by molar-refractivity contribution is 7.93. The average molecular weight is 435 g/mol. The molecule has 4 rings (SSSR count). The number of aliphatic hydroxyl groups is 1. The normalized spacial score (nSPS) is 20.1. The van der Waals surface area contributed by atoms with E-state index in [0.717, 1.165) is 49.1 Å². The molecule has 29 heavy (non-hydrogen) atoms. The summed E-state index contributed by atoms with van der Waals surface area (Å²) in [5.41, 5.74) is 4.59. The van der Waals surface area contributed by atoms with Gasteiger partial charge in [0.2, 0.25) is 0 Å². The number of anilines is 1. The Balaban J connectivity index is 1.67. The van der Waals surface area contributed by atoms with E-state index < -0.39 is 21.5 Å². The van der Waals surface area contributed by atoms with E-state index in [0.29, 0.717) is 10.9 Å². The molecule has 156 valence electrons. The minimum Gasteiger partial charge on any atom is -0.383 e. The molecule has 2 amide bonds. The Hall–Kier alpha value is -1.81. The molecule has 0 fully saturated rings. The molecule has 0 aliphatic heterocycles. The van der Waals surface area contributed by atoms with Crippen LogP contribution in [0, 0.1) is 0 Å². The van der Waals surface area contributed by atoms with Crippen molar-refractivity contribution in [1.29, 1.82) is 0 Å². The number of nitrogens with one attached hydrogen (secondary N) is 1. The van der Waals surface area contributed by atoms with Crippen molar-refractivity contribution in [3.63, 3.8) is 0 Å². The third kappa shape index (κ3) is 3.84. The molecule has 0 spiro atoms. The summed E-state index contributed by atoms with van der Waals surface area (Å²) in [6.45, 7) is 5.33. The molecule has 2 atom stereocenters. The third-order valence-corrected chi connectivity index (χ3v) is 8.80. The molecular weight excluding hydrogens is 408 g/mol. The van der Waals surface area contributed by atoms with E-state index in [2.05, 4.69) is 27.7 Å². The van der Waals surface area contributed by atoms with E-state index in [9.17, 15) is 14.1 Å². The highest BCUT2D eigenvalue weighted by atomic mass is 32.2. The van der Waals surface area contributed by atoms with Crippen LogP contribution in [0.4, 0.5) is 10.5 Å². The third-order valence-electron chi connectivity index (χ3n) is 5.61. The van der Waals surface area contributed by atoms with Crippen LogP contribution in [-0.2, 0) is 34.8 Å². The first-order chi connectivity index (χ1) is 13.6. The molecule has 7 nitrogen and oxygen atoms in total. The number of nitrogens with zero attached hydrogens (tertiary/aromatic N) is 2. The maximum atomic E-state index is 12.9. The molecule has 0 radical (unpaired) electrons. The second-order valence-corrected chi connectivity index (χ2v) is 11.4. The van der Waals surface area contributed by atoms with Gasteiger partial charge in [0.15, 0.2) is 9.92 Å². The Morgan fingerprint density at radius 1 is 1.38 bits per heavy atom. The second-order valence-electron chi connectivity index (χ2n) is 8.39. The molecule has 1 unspecified atom stereocenters. The zero-order valence-electron chi connectivity index (χ0n) is 16.8. The van der Waals surface area contributed by atoms with Crippen LogP contribution < -0.4 is 10.5 Å². The molecule has 1 aromatic carbocycles. The van der Waals surface area contributed by atoms with Crippen LogP contribution in [0.2, 0.25) is 0 Å². The number of rotatable bonds is 3. The lowest BCUT2D eigenvalue weighted by Crippen LogP contribution is -2.18. The predicted octanol–water partition coefficient (Wildman–Crippen LogP) is 3.84. The number of carbonyl (C=O) groups is 1. The SMILES string of the molecule is CC1CCc2cc3c(c(NC(=O)N=[S@@](N)(=O)c4cnc(C(C)(C)O)s4)c21)CCC3. The number of aryl methyl sites for hydroxylation is 2. The number of fused-ring (bicyclic) bond motifs is 2. The summed E-state index contributed by atoms with van der Waals surface area (Å²) in [7, 11) is -3.45. The molecule has 4 N–H and O–H groups in total. The molecule has 1 aromatic heterocycles. The summed E-state index contributed by atoms with van der Waals surface area (Å²) in [5.74, 6) is 0.365. The number of urea groups is 1. The fraction of sp³-hybridized carbons (Fsp3) is 0.500. The lowest BCUT2D eigenvalue weighted by molar-refractivity contribution is 0.0783. The van der Waals surface area contributed by atoms with Gasteiger partial charge in [-0.25, -0.2) is 19.1 Å². The topological polar surface area (TPSA) is 118 Å². The van der Waals surface area contributed by atoms with Gasteiger partial charge in [-0.3, -0.25) is 0 Å². The quantitative estimate of drug-likeness (QED) is 0.680. The molecular formula is C20H26N4O3S2. The Kier molecular flexibility index (Phi) is 5.05. The van der Waals surface area contributed by atoms with Crippen LogP contribution in [0.5, 0.6) is 0 Å². The van der Waals surface area contributed by atoms with E-state index >= 15 is 0 Å². The number of aromatic nitrogens is 1. The van der Waals surface area contributed by atoms with Gasteiger partial charge in [0, 0.05) is 5.69 Å². The van der Waals surface area contributed by atoms with E-state index in [1.54, 1.807) is 13.8 Å². The summed E-state index contributed by atoms with van der Waals surface area (Å²) < 4.78 is 16.9. The number of hydrogen-bond acceptors (Lipinski definition) is 5. The van der Waals surface area contributed by atoms with Gasteiger partial charge < -0.3 is 10.4 Å². The van der Waals surface area contributed by atoms with Crippen molar-refractivity contribution in [3.05, 3.63) is 39.5 Å². The van der Waals surface area contributed by atoms with E-state index in [1.165, 1.54) is 28.5 Å². The van der Waals surface area contributed by atoms with Crippen LogP contribution >= 0.6 is 11.3 Å². The van der Waals surface area contributed by atoms with Crippen LogP contribution in [0.3, 0.4) is 0 Å². The largest absolute Gasteiger partial charge is 0.383 e. The van der Waals surface area contributed by atoms with Crippen molar-refractivity contribution in [3.8, 4) is 0 Å². The molecule has 2 aromatic rings. The number of hydrogen-bond donors (Lipinski definition) is 3. The fourth-order valence-electron chi connectivity index (χ4n) is 4.23. The Morgan fingerprint density at radius 2 is 2.14 bits per heavy atom. The number of carbonyl (C=O) groups excluding carboxylic acids is 1. The van der Waals surface area contributed by atoms with Crippen LogP contribution in [0.1, 0.15) is 66.8 Å². The minimum atomic E-state index is -3.45. The smallest absolute Gasteiger partial charge is 0.354 e. The number of nitrogens with two attached hydrogens (primary N) is 1. The first kappa shape index (κ1) is 20.5. The highest BCUT2D eigenvalue weighted by Crippen LogP contribution is 2.44. The fourth-order valence-corrected chi connectivity index (χ4v) is 6.29. The van der Waals surface area contributed by atoms with Gasteiger partial charge in [-0.2, -0.15) is 0 Å². The lowest BCUT2D eigenvalue weighted by Gasteiger charge is -2.17. The van der Waals surface area contributed by atoms with E-state index in [-0.39, 0.29) is 4.21 Å². The minimum absolute atomic E-state index is 0.168. The van der Waals surface area contributed by atoms with Gasteiger partial charge in [-0.05, 0) is 74.1 Å². The molecule has 0 saturated carbocycles. The van der Waals surface area contributed by atoms with Gasteiger partial charge in [0.1, 0.15) is 14.8 Å². The molecule has 0 bridgehead atoms. The summed E-state index contributed by atoms with van der Waals surface area (Å²) in [6, 6.07) is 1.58. The average Bonchev–Trinajstić information content (AvgIpc) is 3.33. The van der Waals surface area contributed by atoms with Crippen LogP contribution in [-0.4, -0.2) is 20.3 Å². The summed E-state index contributed by atoms with van der Waals surface area (Å²) >= 11 is 1.00. The van der Waals surface area contributed by atoms with E-state index in [4.69, 9.17) is 5.14 Å². The summed E-state index contributed by atoms with van der Waals surface area (Å²) in [5, 5.41) is 19.2. The van der Waals surface area contributed by atoms with Gasteiger partial charge in [0.25, 0.3) is 0 Å². The maximum Gasteiger partial charge on any atom is 0.354 e. The summed E-state index contributed by atoms with van der Waals surface area (Å²) in [4.78, 5) is 16.8. The Morgan fingerprint density at radius 3 is 2.83 bits per heavy atom. The van der Waals surface area contributed by atoms with Crippen molar-refractivity contribution in [2.24, 2.45) is 9.50 Å². The Bertz CT molecular complexity index is 1110. The van der Waals surface area contributed by atoms with Crippen LogP contribution in [0.15, 0.2) is 20.8 Å². The molecule has 1 heterocycles. The van der Waals surface area contributed by atoms with Gasteiger partial charge in [0.05, 0.1) is 6.20 Å². The second kappa shape index (κ2) is 7.16. The zero-order chi connectivity index (χ0) is 21.0. The zero-order valence-corrected chi connectivity index (χ0v) is 18.5. The van der Waals surface area contributed by atoms with Crippen molar-refractivity contribution in [2.75, 3.05) is 5.32 Å². The van der Waals surface area contributed by atoms with Crippen molar-refractivity contribution >= 4 is 33.0 Å². The van der Waals surface area contributed by atoms with Crippen molar-refractivity contribution in [1.82, 2.24) is 4.98 Å². The Labute approximate surface area is 175 Å². The molecule has 9 heteroatoms. The van der Waals surface area contributed by atoms with Crippen molar-refractivity contribution in [2.45, 2.75) is 68.6 Å².